The van der Waals surface area contributed by atoms with Gasteiger partial charge in [-0.1, -0.05) is 52.5 Å². The first kappa shape index (κ1) is 12.1. The van der Waals surface area contributed by atoms with Gasteiger partial charge in [0, 0.05) is 5.57 Å². The van der Waals surface area contributed by atoms with Crippen LogP contribution in [0.4, 0.5) is 0 Å². The molecule has 1 nitrogen and oxygen atoms in total. The van der Waals surface area contributed by atoms with E-state index < -0.39 is 0 Å². The van der Waals surface area contributed by atoms with Crippen LogP contribution < -0.4 is 0 Å². The Bertz CT molecular complexity index is 492. The quantitative estimate of drug-likeness (QED) is 0.556. The van der Waals surface area contributed by atoms with Gasteiger partial charge in [-0.15, -0.1) is 0 Å². The molecule has 0 aliphatic heterocycles. The smallest absolute Gasteiger partial charge is 0.150 e. The first-order valence-corrected chi connectivity index (χ1v) is 6.07. The van der Waals surface area contributed by atoms with Crippen LogP contribution in [-0.2, 0) is 16.6 Å². The van der Waals surface area contributed by atoms with Crippen LogP contribution in [0.3, 0.4) is 0 Å². The maximum Gasteiger partial charge on any atom is 0.150 e. The Morgan fingerprint density at radius 3 is 2.53 bits per heavy atom. The molecule has 0 radical (unpaired) electrons. The minimum atomic E-state index is 0.184. The highest BCUT2D eigenvalue weighted by Gasteiger charge is 2.45. The molecule has 0 atom stereocenters. The fourth-order valence-electron chi connectivity index (χ4n) is 2.68. The topological polar surface area (TPSA) is 17.1 Å². The number of hydrogen-bond donors (Lipinski definition) is 0. The summed E-state index contributed by atoms with van der Waals surface area (Å²) >= 11 is 0. The van der Waals surface area contributed by atoms with Crippen LogP contribution in [-0.4, -0.2) is 6.29 Å². The lowest BCUT2D eigenvalue weighted by Gasteiger charge is -2.35. The Labute approximate surface area is 104 Å². The van der Waals surface area contributed by atoms with E-state index in [1.807, 2.05) is 6.07 Å². The number of allylic oxidation sites excluding steroid dienone is 1. The van der Waals surface area contributed by atoms with Gasteiger partial charge < -0.3 is 0 Å². The van der Waals surface area contributed by atoms with Gasteiger partial charge in [0.25, 0.3) is 0 Å². The van der Waals surface area contributed by atoms with Gasteiger partial charge >= 0.3 is 0 Å². The van der Waals surface area contributed by atoms with Crippen molar-refractivity contribution in [2.75, 3.05) is 0 Å². The minimum absolute atomic E-state index is 0.184. The summed E-state index contributed by atoms with van der Waals surface area (Å²) in [6.45, 7) is 13.0. The van der Waals surface area contributed by atoms with Gasteiger partial charge in [0.2, 0.25) is 0 Å². The van der Waals surface area contributed by atoms with Crippen molar-refractivity contribution in [2.45, 2.75) is 39.5 Å². The second-order valence-electron chi connectivity index (χ2n) is 6.20. The molecule has 0 amide bonds. The van der Waals surface area contributed by atoms with Gasteiger partial charge in [-0.2, -0.15) is 0 Å². The van der Waals surface area contributed by atoms with Crippen molar-refractivity contribution in [3.8, 4) is 0 Å². The van der Waals surface area contributed by atoms with E-state index in [1.165, 1.54) is 11.1 Å². The average molecular weight is 228 g/mol. The summed E-state index contributed by atoms with van der Waals surface area (Å²) in [5, 5.41) is 0. The van der Waals surface area contributed by atoms with Crippen molar-refractivity contribution in [2.24, 2.45) is 5.41 Å². The summed E-state index contributed by atoms with van der Waals surface area (Å²) in [6, 6.07) is 6.30. The molecule has 0 heterocycles. The second-order valence-corrected chi connectivity index (χ2v) is 6.20. The van der Waals surface area contributed by atoms with Gasteiger partial charge in [-0.3, -0.25) is 4.79 Å². The molecule has 0 saturated heterocycles. The van der Waals surface area contributed by atoms with E-state index in [4.69, 9.17) is 0 Å². The fourth-order valence-corrected chi connectivity index (χ4v) is 2.68. The highest BCUT2D eigenvalue weighted by Crippen LogP contribution is 2.51. The van der Waals surface area contributed by atoms with E-state index in [1.54, 1.807) is 0 Å². The van der Waals surface area contributed by atoms with Crippen LogP contribution in [0.25, 0.3) is 5.57 Å². The number of carbonyl (C=O) groups is 1. The molecule has 1 aliphatic carbocycles. The lowest BCUT2D eigenvalue weighted by Crippen LogP contribution is -2.32. The normalized spacial score (nSPS) is 19.8. The highest BCUT2D eigenvalue weighted by atomic mass is 16.1. The molecule has 17 heavy (non-hydrogen) atoms. The average Bonchev–Trinajstić information content (AvgIpc) is 2.43. The van der Waals surface area contributed by atoms with Crippen LogP contribution in [0.15, 0.2) is 24.8 Å². The maximum atomic E-state index is 10.8. The predicted octanol–water partition coefficient (Wildman–Crippen LogP) is 3.76. The molecule has 1 aromatic rings. The third-order valence-corrected chi connectivity index (χ3v) is 4.62. The summed E-state index contributed by atoms with van der Waals surface area (Å²) < 4.78 is 0. The van der Waals surface area contributed by atoms with Crippen LogP contribution in [0.1, 0.15) is 44.4 Å². The summed E-state index contributed by atoms with van der Waals surface area (Å²) in [7, 11) is 0. The Hall–Kier alpha value is -1.37. The van der Waals surface area contributed by atoms with Crippen molar-refractivity contribution in [3.63, 3.8) is 0 Å². The van der Waals surface area contributed by atoms with Crippen molar-refractivity contribution in [1.29, 1.82) is 0 Å². The largest absolute Gasteiger partial charge is 0.298 e. The molecule has 0 spiro atoms. The Morgan fingerprint density at radius 1 is 1.29 bits per heavy atom. The number of benzene rings is 1. The van der Waals surface area contributed by atoms with E-state index >= 15 is 0 Å². The van der Waals surface area contributed by atoms with E-state index in [-0.39, 0.29) is 10.8 Å². The summed E-state index contributed by atoms with van der Waals surface area (Å²) in [5.41, 5.74) is 4.73. The molecule has 1 aromatic carbocycles. The molecular formula is C16H20O. The van der Waals surface area contributed by atoms with E-state index in [0.29, 0.717) is 5.57 Å². The number of carbonyl (C=O) groups excluding carboxylic acids is 1. The van der Waals surface area contributed by atoms with Crippen molar-refractivity contribution in [3.05, 3.63) is 41.5 Å². The van der Waals surface area contributed by atoms with Crippen molar-refractivity contribution in [1.82, 2.24) is 0 Å². The summed E-state index contributed by atoms with van der Waals surface area (Å²) in [6.07, 6.45) is 1.89. The monoisotopic (exact) mass is 228 g/mol. The Morgan fingerprint density at radius 2 is 1.94 bits per heavy atom. The minimum Gasteiger partial charge on any atom is -0.298 e. The van der Waals surface area contributed by atoms with Gasteiger partial charge in [0.15, 0.2) is 0 Å². The van der Waals surface area contributed by atoms with Crippen LogP contribution in [0.2, 0.25) is 0 Å². The first-order valence-electron chi connectivity index (χ1n) is 6.07. The molecule has 1 aliphatic rings. The molecule has 0 unspecified atom stereocenters. The van der Waals surface area contributed by atoms with E-state index in [9.17, 15) is 4.79 Å². The van der Waals surface area contributed by atoms with Crippen LogP contribution in [0.5, 0.6) is 0 Å². The zero-order valence-corrected chi connectivity index (χ0v) is 11.1. The standard InChI is InChI=1S/C16H20O/c1-11(10-17)12-6-7-14-13(8-12)9-15(2,3)16(14,4)5/h6-8,10H,1,9H2,2-5H3. The lowest BCUT2D eigenvalue weighted by molar-refractivity contribution is -0.103. The number of fused-ring (bicyclic) bond motifs is 1. The maximum absolute atomic E-state index is 10.8. The molecule has 0 aromatic heterocycles. The summed E-state index contributed by atoms with van der Waals surface area (Å²) in [5.74, 6) is 0. The second kappa shape index (κ2) is 3.56. The van der Waals surface area contributed by atoms with Gasteiger partial charge in [0.1, 0.15) is 6.29 Å². The first-order chi connectivity index (χ1) is 7.79. The zero-order chi connectivity index (χ0) is 12.8. The Balaban J connectivity index is 2.53. The van der Waals surface area contributed by atoms with E-state index in [0.717, 1.165) is 18.3 Å². The molecule has 1 heteroatoms. The van der Waals surface area contributed by atoms with Crippen LogP contribution >= 0.6 is 0 Å². The highest BCUT2D eigenvalue weighted by molar-refractivity contribution is 6.05. The van der Waals surface area contributed by atoms with Crippen molar-refractivity contribution < 1.29 is 4.79 Å². The van der Waals surface area contributed by atoms with Gasteiger partial charge in [-0.25, -0.2) is 0 Å². The molecule has 90 valence electrons. The molecule has 2 rings (SSSR count). The molecule has 0 N–H and O–H groups in total. The fraction of sp³-hybridized carbons (Fsp3) is 0.438. The van der Waals surface area contributed by atoms with Crippen LogP contribution in [0, 0.1) is 5.41 Å². The summed E-state index contributed by atoms with van der Waals surface area (Å²) in [4.78, 5) is 10.8. The third-order valence-electron chi connectivity index (χ3n) is 4.62. The van der Waals surface area contributed by atoms with E-state index in [2.05, 4.69) is 46.4 Å². The Kier molecular flexibility index (Phi) is 2.53. The number of aldehydes is 1. The molecule has 0 fully saturated rings. The van der Waals surface area contributed by atoms with Crippen molar-refractivity contribution >= 4 is 11.9 Å². The zero-order valence-electron chi connectivity index (χ0n) is 11.1. The lowest BCUT2D eigenvalue weighted by atomic mass is 9.69. The molecule has 0 saturated carbocycles. The predicted molar refractivity (Wildman–Crippen MR) is 72.1 cm³/mol. The number of rotatable bonds is 2. The van der Waals surface area contributed by atoms with Gasteiger partial charge in [0.05, 0.1) is 0 Å². The molecular weight excluding hydrogens is 208 g/mol. The molecule has 0 bridgehead atoms. The SMILES string of the molecule is C=C(C=O)c1ccc2c(c1)CC(C)(C)C2(C)C. The third kappa shape index (κ3) is 1.65. The number of hydrogen-bond acceptors (Lipinski definition) is 1. The van der Waals surface area contributed by atoms with Gasteiger partial charge in [-0.05, 0) is 33.9 Å².